The topological polar surface area (TPSA) is 79.0 Å². The number of likely N-dealkylation sites (N-methyl/N-ethyl adjacent to an activating group) is 1. The van der Waals surface area contributed by atoms with Crippen LogP contribution in [0.3, 0.4) is 0 Å². The Labute approximate surface area is 151 Å². The van der Waals surface area contributed by atoms with E-state index >= 15 is 0 Å². The molecule has 0 spiro atoms. The van der Waals surface area contributed by atoms with Crippen molar-refractivity contribution in [2.24, 2.45) is 0 Å². The molecule has 1 N–H and O–H groups in total. The van der Waals surface area contributed by atoms with Crippen LogP contribution < -0.4 is 5.32 Å². The van der Waals surface area contributed by atoms with Gasteiger partial charge in [0, 0.05) is 19.0 Å². The fourth-order valence-corrected chi connectivity index (χ4v) is 4.07. The van der Waals surface area contributed by atoms with E-state index in [0.717, 1.165) is 23.3 Å². The number of nitrogens with one attached hydrogen (secondary N) is 1. The third kappa shape index (κ3) is 4.19. The lowest BCUT2D eigenvalue weighted by molar-refractivity contribution is -0.133. The first-order valence-electron chi connectivity index (χ1n) is 8.19. The number of likely N-dealkylation sites (tertiary alicyclic amines) is 1. The van der Waals surface area contributed by atoms with Crippen molar-refractivity contribution in [2.45, 2.75) is 32.7 Å². The molecule has 1 aliphatic rings. The molecule has 1 unspecified atom stereocenters. The average molecular weight is 367 g/mol. The van der Waals surface area contributed by atoms with Crippen molar-refractivity contribution in [3.05, 3.63) is 16.0 Å². The minimum Gasteiger partial charge on any atom is -0.465 e. The van der Waals surface area contributed by atoms with Gasteiger partial charge in [-0.3, -0.25) is 14.5 Å². The SMILES string of the molecule is COC(=O)c1c(NC(=O)CN2CCCC2C(=O)N(C)C)sc(C)c1C. The first-order valence-corrected chi connectivity index (χ1v) is 9.01. The van der Waals surface area contributed by atoms with Gasteiger partial charge in [0.2, 0.25) is 11.8 Å². The Kier molecular flexibility index (Phi) is 6.18. The predicted octanol–water partition coefficient (Wildman–Crippen LogP) is 1.64. The van der Waals surface area contributed by atoms with Gasteiger partial charge in [0.15, 0.2) is 0 Å². The van der Waals surface area contributed by atoms with E-state index in [4.69, 9.17) is 4.74 Å². The zero-order valence-corrected chi connectivity index (χ0v) is 16.2. The molecule has 1 atom stereocenters. The molecular weight excluding hydrogens is 342 g/mol. The van der Waals surface area contributed by atoms with E-state index in [1.165, 1.54) is 18.4 Å². The Hall–Kier alpha value is -1.93. The van der Waals surface area contributed by atoms with Crippen molar-refractivity contribution in [2.75, 3.05) is 39.6 Å². The van der Waals surface area contributed by atoms with Gasteiger partial charge in [-0.15, -0.1) is 11.3 Å². The summed E-state index contributed by atoms with van der Waals surface area (Å²) >= 11 is 1.36. The van der Waals surface area contributed by atoms with Gasteiger partial charge in [0.25, 0.3) is 0 Å². The van der Waals surface area contributed by atoms with Crippen molar-refractivity contribution in [1.82, 2.24) is 9.80 Å². The fraction of sp³-hybridized carbons (Fsp3) is 0.588. The number of nitrogens with zero attached hydrogens (tertiary/aromatic N) is 2. The second kappa shape index (κ2) is 7.97. The van der Waals surface area contributed by atoms with Crippen LogP contribution in [0.15, 0.2) is 0 Å². The van der Waals surface area contributed by atoms with E-state index in [9.17, 15) is 14.4 Å². The first-order chi connectivity index (χ1) is 11.8. The summed E-state index contributed by atoms with van der Waals surface area (Å²) in [6.45, 7) is 4.57. The Bertz CT molecular complexity index is 684. The van der Waals surface area contributed by atoms with Gasteiger partial charge < -0.3 is 15.0 Å². The van der Waals surface area contributed by atoms with Crippen LogP contribution in [0.5, 0.6) is 0 Å². The summed E-state index contributed by atoms with van der Waals surface area (Å²) in [7, 11) is 4.76. The molecule has 25 heavy (non-hydrogen) atoms. The number of carbonyl (C=O) groups excluding carboxylic acids is 3. The molecule has 138 valence electrons. The van der Waals surface area contributed by atoms with Crippen LogP contribution in [0.2, 0.25) is 0 Å². The van der Waals surface area contributed by atoms with Crippen molar-refractivity contribution in [3.8, 4) is 0 Å². The lowest BCUT2D eigenvalue weighted by Gasteiger charge is -2.25. The fourth-order valence-electron chi connectivity index (χ4n) is 3.01. The minimum atomic E-state index is -0.459. The Morgan fingerprint density at radius 3 is 2.60 bits per heavy atom. The van der Waals surface area contributed by atoms with Crippen LogP contribution in [0.1, 0.15) is 33.6 Å². The molecule has 0 aliphatic carbocycles. The molecule has 2 heterocycles. The molecule has 0 radical (unpaired) electrons. The molecule has 1 aromatic rings. The monoisotopic (exact) mass is 367 g/mol. The number of hydrogen-bond donors (Lipinski definition) is 1. The van der Waals surface area contributed by atoms with Crippen LogP contribution in [-0.4, -0.2) is 67.9 Å². The number of esters is 1. The first kappa shape index (κ1) is 19.4. The summed E-state index contributed by atoms with van der Waals surface area (Å²) in [4.78, 5) is 41.1. The van der Waals surface area contributed by atoms with Crippen LogP contribution in [0, 0.1) is 13.8 Å². The van der Waals surface area contributed by atoms with Gasteiger partial charge in [-0.2, -0.15) is 0 Å². The molecule has 0 bridgehead atoms. The van der Waals surface area contributed by atoms with Crippen LogP contribution in [-0.2, 0) is 14.3 Å². The van der Waals surface area contributed by atoms with Crippen molar-refractivity contribution in [1.29, 1.82) is 0 Å². The molecule has 2 amide bonds. The molecule has 0 aromatic carbocycles. The standard InChI is InChI=1S/C17H25N3O4S/c1-10-11(2)25-15(14(10)17(23)24-5)18-13(21)9-20-8-6-7-12(20)16(22)19(3)4/h12H,6-9H2,1-5H3,(H,18,21). The number of methoxy groups -OCH3 is 1. The number of carbonyl (C=O) groups is 3. The summed E-state index contributed by atoms with van der Waals surface area (Å²) in [6, 6.07) is -0.257. The van der Waals surface area contributed by atoms with Gasteiger partial charge in [-0.05, 0) is 38.8 Å². The van der Waals surface area contributed by atoms with Gasteiger partial charge in [0.1, 0.15) is 5.00 Å². The molecule has 1 saturated heterocycles. The lowest BCUT2D eigenvalue weighted by atomic mass is 10.1. The maximum atomic E-state index is 12.5. The molecular formula is C17H25N3O4S. The maximum Gasteiger partial charge on any atom is 0.341 e. The molecule has 7 nitrogen and oxygen atoms in total. The number of anilines is 1. The van der Waals surface area contributed by atoms with E-state index in [2.05, 4.69) is 5.32 Å². The summed E-state index contributed by atoms with van der Waals surface area (Å²) in [5.74, 6) is -0.674. The van der Waals surface area contributed by atoms with Crippen LogP contribution >= 0.6 is 11.3 Å². The molecule has 1 aliphatic heterocycles. The number of ether oxygens (including phenoxy) is 1. The zero-order chi connectivity index (χ0) is 18.7. The summed E-state index contributed by atoms with van der Waals surface area (Å²) in [5, 5.41) is 3.32. The summed E-state index contributed by atoms with van der Waals surface area (Å²) in [5.41, 5.74) is 1.22. The van der Waals surface area contributed by atoms with E-state index in [0.29, 0.717) is 17.1 Å². The van der Waals surface area contributed by atoms with Gasteiger partial charge in [-0.1, -0.05) is 0 Å². The number of rotatable bonds is 5. The van der Waals surface area contributed by atoms with E-state index in [1.54, 1.807) is 19.0 Å². The van der Waals surface area contributed by atoms with Crippen molar-refractivity contribution >= 4 is 34.1 Å². The maximum absolute atomic E-state index is 12.5. The summed E-state index contributed by atoms with van der Waals surface area (Å²) in [6.07, 6.45) is 1.65. The lowest BCUT2D eigenvalue weighted by Crippen LogP contribution is -2.45. The molecule has 0 saturated carbocycles. The van der Waals surface area contributed by atoms with E-state index in [-0.39, 0.29) is 24.4 Å². The third-order valence-corrected chi connectivity index (χ3v) is 5.59. The van der Waals surface area contributed by atoms with Crippen molar-refractivity contribution < 1.29 is 19.1 Å². The molecule has 2 rings (SSSR count). The van der Waals surface area contributed by atoms with Gasteiger partial charge in [-0.25, -0.2) is 4.79 Å². The molecule has 1 aromatic heterocycles. The van der Waals surface area contributed by atoms with Gasteiger partial charge in [0.05, 0.1) is 25.3 Å². The number of amides is 2. The highest BCUT2D eigenvalue weighted by Crippen LogP contribution is 2.33. The average Bonchev–Trinajstić information content (AvgIpc) is 3.11. The normalized spacial score (nSPS) is 17.4. The molecule has 1 fully saturated rings. The second-order valence-electron chi connectivity index (χ2n) is 6.39. The Morgan fingerprint density at radius 1 is 1.32 bits per heavy atom. The van der Waals surface area contributed by atoms with E-state index < -0.39 is 5.97 Å². The smallest absolute Gasteiger partial charge is 0.341 e. The number of aryl methyl sites for hydroxylation is 1. The Balaban J connectivity index is 2.09. The highest BCUT2D eigenvalue weighted by atomic mass is 32.1. The van der Waals surface area contributed by atoms with Crippen molar-refractivity contribution in [3.63, 3.8) is 0 Å². The quantitative estimate of drug-likeness (QED) is 0.801. The summed E-state index contributed by atoms with van der Waals surface area (Å²) < 4.78 is 4.82. The van der Waals surface area contributed by atoms with E-state index in [1.807, 2.05) is 18.7 Å². The highest BCUT2D eigenvalue weighted by molar-refractivity contribution is 7.16. The largest absolute Gasteiger partial charge is 0.465 e. The Morgan fingerprint density at radius 2 is 2.00 bits per heavy atom. The second-order valence-corrected chi connectivity index (χ2v) is 7.61. The highest BCUT2D eigenvalue weighted by Gasteiger charge is 2.33. The van der Waals surface area contributed by atoms with Crippen LogP contribution in [0.25, 0.3) is 0 Å². The number of thiophene rings is 1. The molecule has 8 heteroatoms. The number of hydrogen-bond acceptors (Lipinski definition) is 6. The predicted molar refractivity (Wildman–Crippen MR) is 97.1 cm³/mol. The third-order valence-electron chi connectivity index (χ3n) is 4.46. The van der Waals surface area contributed by atoms with Gasteiger partial charge >= 0.3 is 5.97 Å². The van der Waals surface area contributed by atoms with Crippen LogP contribution in [0.4, 0.5) is 5.00 Å². The zero-order valence-electron chi connectivity index (χ0n) is 15.3. The minimum absolute atomic E-state index is 0.0170.